The van der Waals surface area contributed by atoms with E-state index in [0.29, 0.717) is 25.3 Å². The SMILES string of the molecule is O=C(c1ccc(C(F)(F)F)cc1)N1CCc2c(ncnc2NCC(O)C23CC4CC(CC(C4)C2)C3)C1. The Balaban J connectivity index is 1.12. The molecular formula is C27H31F3N4O2. The smallest absolute Gasteiger partial charge is 0.391 e. The van der Waals surface area contributed by atoms with Crippen LogP contribution in [0.5, 0.6) is 0 Å². The molecule has 4 bridgehead atoms. The van der Waals surface area contributed by atoms with Crippen molar-refractivity contribution in [3.63, 3.8) is 0 Å². The Morgan fingerprint density at radius 2 is 1.72 bits per heavy atom. The fourth-order valence-corrected chi connectivity index (χ4v) is 7.66. The second-order valence-electron chi connectivity index (χ2n) is 11.4. The van der Waals surface area contributed by atoms with Gasteiger partial charge < -0.3 is 15.3 Å². The summed E-state index contributed by atoms with van der Waals surface area (Å²) in [6.07, 6.45) is 4.54. The Morgan fingerprint density at radius 1 is 1.08 bits per heavy atom. The highest BCUT2D eigenvalue weighted by molar-refractivity contribution is 5.94. The lowest BCUT2D eigenvalue weighted by Crippen LogP contribution is -2.53. The Morgan fingerprint density at radius 3 is 2.33 bits per heavy atom. The first-order valence-corrected chi connectivity index (χ1v) is 12.9. The molecule has 9 heteroatoms. The van der Waals surface area contributed by atoms with Crippen LogP contribution in [0.3, 0.4) is 0 Å². The number of aliphatic hydroxyl groups is 1. The largest absolute Gasteiger partial charge is 0.416 e. The minimum absolute atomic E-state index is 0.0275. The van der Waals surface area contributed by atoms with Gasteiger partial charge in [-0.2, -0.15) is 13.2 Å². The maximum absolute atomic E-state index is 12.9. The van der Waals surface area contributed by atoms with Crippen LogP contribution in [0.15, 0.2) is 30.6 Å². The average Bonchev–Trinajstić information content (AvgIpc) is 2.85. The number of benzene rings is 1. The molecule has 0 radical (unpaired) electrons. The van der Waals surface area contributed by atoms with E-state index in [9.17, 15) is 23.1 Å². The molecule has 192 valence electrons. The van der Waals surface area contributed by atoms with E-state index in [0.717, 1.165) is 60.4 Å². The quantitative estimate of drug-likeness (QED) is 0.623. The van der Waals surface area contributed by atoms with E-state index in [1.54, 1.807) is 4.90 Å². The topological polar surface area (TPSA) is 78.4 Å². The van der Waals surface area contributed by atoms with Gasteiger partial charge in [0.15, 0.2) is 0 Å². The summed E-state index contributed by atoms with van der Waals surface area (Å²) >= 11 is 0. The van der Waals surface area contributed by atoms with Crippen LogP contribution in [0.1, 0.15) is 65.7 Å². The molecule has 5 aliphatic rings. The molecule has 1 aliphatic heterocycles. The zero-order chi connectivity index (χ0) is 25.1. The number of hydrogen-bond acceptors (Lipinski definition) is 5. The third-order valence-electron chi connectivity index (χ3n) is 9.01. The van der Waals surface area contributed by atoms with Crippen LogP contribution < -0.4 is 5.32 Å². The van der Waals surface area contributed by atoms with Crippen LogP contribution in [0.2, 0.25) is 0 Å². The molecule has 1 aromatic carbocycles. The van der Waals surface area contributed by atoms with E-state index in [1.165, 1.54) is 37.7 Å². The van der Waals surface area contributed by atoms with E-state index in [4.69, 9.17) is 0 Å². The van der Waals surface area contributed by atoms with Crippen molar-refractivity contribution in [1.29, 1.82) is 0 Å². The normalized spacial score (nSPS) is 29.7. The lowest BCUT2D eigenvalue weighted by molar-refractivity contribution is -0.137. The second kappa shape index (κ2) is 8.71. The first kappa shape index (κ1) is 23.7. The Kier molecular flexibility index (Phi) is 5.74. The van der Waals surface area contributed by atoms with E-state index in [1.807, 2.05) is 0 Å². The number of anilines is 1. The maximum atomic E-state index is 12.9. The number of halogens is 3. The first-order valence-electron chi connectivity index (χ1n) is 12.9. The summed E-state index contributed by atoms with van der Waals surface area (Å²) in [5, 5.41) is 14.6. The van der Waals surface area contributed by atoms with Gasteiger partial charge in [0.2, 0.25) is 0 Å². The second-order valence-corrected chi connectivity index (χ2v) is 11.4. The van der Waals surface area contributed by atoms with Gasteiger partial charge in [-0.05, 0) is 92.4 Å². The summed E-state index contributed by atoms with van der Waals surface area (Å²) in [5.74, 6) is 2.69. The molecule has 2 aromatic rings. The monoisotopic (exact) mass is 500 g/mol. The molecule has 1 aromatic heterocycles. The van der Waals surface area contributed by atoms with Gasteiger partial charge in [0, 0.05) is 24.2 Å². The van der Waals surface area contributed by atoms with Crippen molar-refractivity contribution in [2.75, 3.05) is 18.4 Å². The van der Waals surface area contributed by atoms with Gasteiger partial charge in [0.05, 0.1) is 23.9 Å². The van der Waals surface area contributed by atoms with Crippen molar-refractivity contribution in [3.05, 3.63) is 53.0 Å². The van der Waals surface area contributed by atoms with E-state index < -0.39 is 17.8 Å². The highest BCUT2D eigenvalue weighted by Gasteiger charge is 2.53. The van der Waals surface area contributed by atoms with Gasteiger partial charge in [-0.1, -0.05) is 0 Å². The zero-order valence-corrected chi connectivity index (χ0v) is 20.1. The molecule has 0 saturated heterocycles. The van der Waals surface area contributed by atoms with E-state index in [-0.39, 0.29) is 23.4 Å². The molecule has 1 atom stereocenters. The molecule has 1 amide bonds. The number of alkyl halides is 3. The number of hydrogen-bond donors (Lipinski definition) is 2. The molecule has 4 fully saturated rings. The third-order valence-corrected chi connectivity index (χ3v) is 9.01. The Bertz CT molecular complexity index is 1120. The Hall–Kier alpha value is -2.68. The minimum atomic E-state index is -4.44. The number of aliphatic hydroxyl groups excluding tert-OH is 1. The first-order chi connectivity index (χ1) is 17.2. The fraction of sp³-hybridized carbons (Fsp3) is 0.593. The number of carbonyl (C=O) groups is 1. The van der Waals surface area contributed by atoms with E-state index in [2.05, 4.69) is 15.3 Å². The highest BCUT2D eigenvalue weighted by Crippen LogP contribution is 2.61. The van der Waals surface area contributed by atoms with Crippen molar-refractivity contribution in [3.8, 4) is 0 Å². The number of nitrogens with one attached hydrogen (secondary N) is 1. The number of fused-ring (bicyclic) bond motifs is 1. The Labute approximate surface area is 208 Å². The van der Waals surface area contributed by atoms with Gasteiger partial charge in [-0.3, -0.25) is 4.79 Å². The molecule has 2 heterocycles. The summed E-state index contributed by atoms with van der Waals surface area (Å²) < 4.78 is 38.5. The van der Waals surface area contributed by atoms with Crippen LogP contribution in [0.25, 0.3) is 0 Å². The van der Waals surface area contributed by atoms with Gasteiger partial charge in [0.25, 0.3) is 5.91 Å². The van der Waals surface area contributed by atoms with Crippen molar-refractivity contribution in [2.45, 2.75) is 63.8 Å². The molecule has 0 spiro atoms. The van der Waals surface area contributed by atoms with Gasteiger partial charge in [-0.15, -0.1) is 0 Å². The number of amides is 1. The number of aromatic nitrogens is 2. The highest BCUT2D eigenvalue weighted by atomic mass is 19.4. The van der Waals surface area contributed by atoms with Crippen molar-refractivity contribution < 1.29 is 23.1 Å². The number of nitrogens with zero attached hydrogens (tertiary/aromatic N) is 3. The van der Waals surface area contributed by atoms with E-state index >= 15 is 0 Å². The predicted octanol–water partition coefficient (Wildman–Crippen LogP) is 4.68. The van der Waals surface area contributed by atoms with Crippen LogP contribution >= 0.6 is 0 Å². The van der Waals surface area contributed by atoms with Gasteiger partial charge in [0.1, 0.15) is 12.1 Å². The molecule has 4 saturated carbocycles. The lowest BCUT2D eigenvalue weighted by atomic mass is 9.48. The average molecular weight is 501 g/mol. The zero-order valence-electron chi connectivity index (χ0n) is 20.1. The lowest BCUT2D eigenvalue weighted by Gasteiger charge is -2.58. The third kappa shape index (κ3) is 4.25. The molecule has 2 N–H and O–H groups in total. The molecule has 36 heavy (non-hydrogen) atoms. The van der Waals surface area contributed by atoms with Crippen LogP contribution in [0, 0.1) is 23.2 Å². The van der Waals surface area contributed by atoms with Crippen LogP contribution in [-0.2, 0) is 19.1 Å². The van der Waals surface area contributed by atoms with Crippen molar-refractivity contribution in [1.82, 2.24) is 14.9 Å². The molecule has 7 rings (SSSR count). The molecule has 4 aliphatic carbocycles. The maximum Gasteiger partial charge on any atom is 0.416 e. The minimum Gasteiger partial charge on any atom is -0.391 e. The van der Waals surface area contributed by atoms with Crippen LogP contribution in [-0.4, -0.2) is 45.1 Å². The van der Waals surface area contributed by atoms with Gasteiger partial charge >= 0.3 is 6.18 Å². The van der Waals surface area contributed by atoms with Gasteiger partial charge in [-0.25, -0.2) is 9.97 Å². The predicted molar refractivity (Wildman–Crippen MR) is 127 cm³/mol. The van der Waals surface area contributed by atoms with Crippen LogP contribution in [0.4, 0.5) is 19.0 Å². The summed E-state index contributed by atoms with van der Waals surface area (Å²) in [5.41, 5.74) is 1.13. The van der Waals surface area contributed by atoms with Crippen molar-refractivity contribution in [2.24, 2.45) is 23.2 Å². The number of carbonyl (C=O) groups excluding carboxylic acids is 1. The number of rotatable bonds is 5. The standard InChI is InChI=1S/C27H31F3N4O2/c28-27(29,30)20-3-1-19(2-4-20)25(36)34-6-5-21-22(14-34)32-15-33-24(21)31-13-23(35)26-10-16-7-17(11-26)9-18(8-16)12-26/h1-4,15-18,23,35H,5-14H2,(H,31,32,33). The summed E-state index contributed by atoms with van der Waals surface area (Å²) in [4.78, 5) is 23.3. The molecule has 6 nitrogen and oxygen atoms in total. The molecular weight excluding hydrogens is 469 g/mol. The molecule has 1 unspecified atom stereocenters. The summed E-state index contributed by atoms with van der Waals surface area (Å²) in [7, 11) is 0. The summed E-state index contributed by atoms with van der Waals surface area (Å²) in [6.45, 7) is 1.14. The fourth-order valence-electron chi connectivity index (χ4n) is 7.66. The summed E-state index contributed by atoms with van der Waals surface area (Å²) in [6, 6.07) is 4.31. The van der Waals surface area contributed by atoms with Crippen molar-refractivity contribution >= 4 is 11.7 Å².